The third-order valence-corrected chi connectivity index (χ3v) is 7.31. The quantitative estimate of drug-likeness (QED) is 0.208. The van der Waals surface area contributed by atoms with Gasteiger partial charge in [0.2, 0.25) is 0 Å². The summed E-state index contributed by atoms with van der Waals surface area (Å²) < 4.78 is 11.6. The molecule has 0 bridgehead atoms. The largest absolute Gasteiger partial charge is 0.490 e. The van der Waals surface area contributed by atoms with E-state index in [4.69, 9.17) is 14.5 Å². The van der Waals surface area contributed by atoms with Crippen LogP contribution < -0.4 is 19.7 Å². The van der Waals surface area contributed by atoms with Crippen molar-refractivity contribution in [2.24, 2.45) is 4.99 Å². The Kier molecular flexibility index (Phi) is 9.04. The Morgan fingerprint density at radius 2 is 1.57 bits per heavy atom. The minimum absolute atomic E-state index is 0.161. The Labute approximate surface area is 249 Å². The zero-order valence-corrected chi connectivity index (χ0v) is 24.5. The number of rotatable bonds is 9. The summed E-state index contributed by atoms with van der Waals surface area (Å²) in [6.07, 6.45) is 1.82. The van der Waals surface area contributed by atoms with Crippen molar-refractivity contribution < 1.29 is 19.1 Å². The zero-order chi connectivity index (χ0) is 29.5. The van der Waals surface area contributed by atoms with Crippen molar-refractivity contribution in [2.45, 2.75) is 20.8 Å². The summed E-state index contributed by atoms with van der Waals surface area (Å²) in [5, 5.41) is 3.38. The van der Waals surface area contributed by atoms with Crippen LogP contribution in [0.25, 0.3) is 6.08 Å². The van der Waals surface area contributed by atoms with Gasteiger partial charge in [-0.3, -0.25) is 14.5 Å². The molecule has 1 aliphatic rings. The molecule has 1 fully saturated rings. The van der Waals surface area contributed by atoms with Gasteiger partial charge in [-0.05, 0) is 92.7 Å². The molecule has 0 unspecified atom stereocenters. The molecule has 0 spiro atoms. The SMILES string of the molecule is CCOc1cc(/C=C2/SC(=Nc3ccc(C)cc3)N(c3ccc(C)cc3)C2=O)ccc1OCC(=O)Nc1ccccc1. The number of nitrogens with one attached hydrogen (secondary N) is 1. The molecule has 0 saturated carbocycles. The Balaban J connectivity index is 1.39. The van der Waals surface area contributed by atoms with Gasteiger partial charge in [-0.2, -0.15) is 0 Å². The van der Waals surface area contributed by atoms with Gasteiger partial charge in [-0.15, -0.1) is 0 Å². The fraction of sp³-hybridized carbons (Fsp3) is 0.147. The summed E-state index contributed by atoms with van der Waals surface area (Å²) in [5.41, 5.74) is 5.22. The predicted molar refractivity (Wildman–Crippen MR) is 171 cm³/mol. The number of aryl methyl sites for hydroxylation is 2. The summed E-state index contributed by atoms with van der Waals surface area (Å²) in [7, 11) is 0. The monoisotopic (exact) mass is 577 g/mol. The third-order valence-electron chi connectivity index (χ3n) is 6.34. The fourth-order valence-corrected chi connectivity index (χ4v) is 5.22. The zero-order valence-electron chi connectivity index (χ0n) is 23.7. The summed E-state index contributed by atoms with van der Waals surface area (Å²) in [5.74, 6) is 0.485. The molecule has 4 aromatic rings. The maximum atomic E-state index is 13.7. The lowest BCUT2D eigenvalue weighted by molar-refractivity contribution is -0.118. The van der Waals surface area contributed by atoms with Crippen molar-refractivity contribution in [2.75, 3.05) is 23.4 Å². The second-order valence-corrected chi connectivity index (χ2v) is 10.7. The third kappa shape index (κ3) is 7.08. The van der Waals surface area contributed by atoms with Crippen LogP contribution >= 0.6 is 11.8 Å². The van der Waals surface area contributed by atoms with E-state index >= 15 is 0 Å². The van der Waals surface area contributed by atoms with Crippen molar-refractivity contribution in [1.82, 2.24) is 0 Å². The molecule has 1 saturated heterocycles. The second-order valence-electron chi connectivity index (χ2n) is 9.66. The highest BCUT2D eigenvalue weighted by molar-refractivity contribution is 8.19. The van der Waals surface area contributed by atoms with Crippen LogP contribution in [0.2, 0.25) is 0 Å². The standard InChI is InChI=1S/C34H31N3O4S/c1-4-40-30-20-25(14-19-29(30)41-22-32(38)35-26-8-6-5-7-9-26)21-31-33(39)37(28-17-12-24(3)13-18-28)34(42-31)36-27-15-10-23(2)11-16-27/h5-21H,4,22H2,1-3H3,(H,35,38)/b31-21+,36-34?. The molecule has 7 nitrogen and oxygen atoms in total. The number of ether oxygens (including phenoxy) is 2. The molecular formula is C34H31N3O4S. The van der Waals surface area contributed by atoms with Gasteiger partial charge in [0.15, 0.2) is 23.3 Å². The first kappa shape index (κ1) is 28.7. The summed E-state index contributed by atoms with van der Waals surface area (Å²) >= 11 is 1.32. The number of carbonyl (C=O) groups is 2. The van der Waals surface area contributed by atoms with Gasteiger partial charge >= 0.3 is 0 Å². The van der Waals surface area contributed by atoms with Crippen molar-refractivity contribution in [3.05, 3.63) is 119 Å². The normalized spacial score (nSPS) is 14.8. The lowest BCUT2D eigenvalue weighted by Crippen LogP contribution is -2.28. The Hall–Kier alpha value is -4.82. The minimum atomic E-state index is -0.278. The van der Waals surface area contributed by atoms with Crippen LogP contribution in [0, 0.1) is 13.8 Å². The van der Waals surface area contributed by atoms with Gasteiger partial charge in [0.05, 0.1) is 22.9 Å². The first-order valence-electron chi connectivity index (χ1n) is 13.6. The average molecular weight is 578 g/mol. The summed E-state index contributed by atoms with van der Waals surface area (Å²) in [4.78, 5) is 33.1. The van der Waals surface area contributed by atoms with Crippen molar-refractivity contribution in [3.8, 4) is 11.5 Å². The molecule has 0 aliphatic carbocycles. The van der Waals surface area contributed by atoms with Gasteiger partial charge in [0.1, 0.15) is 0 Å². The number of anilines is 2. The molecular weight excluding hydrogens is 546 g/mol. The van der Waals surface area contributed by atoms with Gasteiger partial charge in [0, 0.05) is 5.69 Å². The maximum absolute atomic E-state index is 13.7. The number of nitrogens with zero attached hydrogens (tertiary/aromatic N) is 2. The Morgan fingerprint density at radius 1 is 0.881 bits per heavy atom. The first-order valence-corrected chi connectivity index (χ1v) is 14.4. The number of hydrogen-bond acceptors (Lipinski definition) is 6. The number of carbonyl (C=O) groups excluding carboxylic acids is 2. The lowest BCUT2D eigenvalue weighted by atomic mass is 10.1. The van der Waals surface area contributed by atoms with E-state index in [1.165, 1.54) is 11.8 Å². The van der Waals surface area contributed by atoms with Crippen LogP contribution in [0.15, 0.2) is 107 Å². The molecule has 5 rings (SSSR count). The van der Waals surface area contributed by atoms with Crippen LogP contribution in [0.4, 0.5) is 17.1 Å². The van der Waals surface area contributed by atoms with E-state index in [1.54, 1.807) is 17.0 Å². The first-order chi connectivity index (χ1) is 20.4. The highest BCUT2D eigenvalue weighted by Gasteiger charge is 2.34. The van der Waals surface area contributed by atoms with E-state index in [0.29, 0.717) is 33.9 Å². The molecule has 0 aromatic heterocycles. The van der Waals surface area contributed by atoms with Crippen LogP contribution in [-0.4, -0.2) is 30.2 Å². The summed E-state index contributed by atoms with van der Waals surface area (Å²) in [6, 6.07) is 30.3. The molecule has 0 radical (unpaired) electrons. The number of thioether (sulfide) groups is 1. The molecule has 42 heavy (non-hydrogen) atoms. The predicted octanol–water partition coefficient (Wildman–Crippen LogP) is 7.53. The average Bonchev–Trinajstić information content (AvgIpc) is 3.28. The number of benzene rings is 4. The van der Waals surface area contributed by atoms with E-state index in [9.17, 15) is 9.59 Å². The molecule has 4 aromatic carbocycles. The molecule has 8 heteroatoms. The van der Waals surface area contributed by atoms with E-state index in [0.717, 1.165) is 28.1 Å². The fourth-order valence-electron chi connectivity index (χ4n) is 4.22. The number of hydrogen-bond donors (Lipinski definition) is 1. The second kappa shape index (κ2) is 13.2. The molecule has 212 valence electrons. The van der Waals surface area contributed by atoms with Gasteiger partial charge in [-0.25, -0.2) is 4.99 Å². The van der Waals surface area contributed by atoms with Crippen molar-refractivity contribution in [3.63, 3.8) is 0 Å². The van der Waals surface area contributed by atoms with Crippen molar-refractivity contribution in [1.29, 1.82) is 0 Å². The van der Waals surface area contributed by atoms with Gasteiger partial charge < -0.3 is 14.8 Å². The maximum Gasteiger partial charge on any atom is 0.271 e. The van der Waals surface area contributed by atoms with E-state index in [1.807, 2.05) is 112 Å². The highest BCUT2D eigenvalue weighted by atomic mass is 32.2. The lowest BCUT2D eigenvalue weighted by Gasteiger charge is -2.16. The number of amidine groups is 1. The Morgan fingerprint density at radius 3 is 2.26 bits per heavy atom. The summed E-state index contributed by atoms with van der Waals surface area (Å²) in [6.45, 7) is 6.15. The van der Waals surface area contributed by atoms with Crippen molar-refractivity contribution >= 4 is 51.9 Å². The topological polar surface area (TPSA) is 80.2 Å². The number of aliphatic imine (C=N–C) groups is 1. The molecule has 1 heterocycles. The van der Waals surface area contributed by atoms with Crippen LogP contribution in [0.3, 0.4) is 0 Å². The van der Waals surface area contributed by atoms with E-state index in [-0.39, 0.29) is 18.4 Å². The number of para-hydroxylation sites is 1. The number of amides is 2. The van der Waals surface area contributed by atoms with Crippen LogP contribution in [0.1, 0.15) is 23.6 Å². The highest BCUT2D eigenvalue weighted by Crippen LogP contribution is 2.38. The molecule has 2 amide bonds. The van der Waals surface area contributed by atoms with Gasteiger partial charge in [-0.1, -0.05) is 59.7 Å². The molecule has 1 aliphatic heterocycles. The smallest absolute Gasteiger partial charge is 0.271 e. The minimum Gasteiger partial charge on any atom is -0.490 e. The van der Waals surface area contributed by atoms with Gasteiger partial charge in [0.25, 0.3) is 11.8 Å². The Bertz CT molecular complexity index is 1630. The van der Waals surface area contributed by atoms with E-state index in [2.05, 4.69) is 5.32 Å². The van der Waals surface area contributed by atoms with E-state index < -0.39 is 0 Å². The van der Waals surface area contributed by atoms with Crippen LogP contribution in [-0.2, 0) is 9.59 Å². The molecule has 0 atom stereocenters. The molecule has 1 N–H and O–H groups in total. The van der Waals surface area contributed by atoms with Crippen LogP contribution in [0.5, 0.6) is 11.5 Å².